The van der Waals surface area contributed by atoms with Gasteiger partial charge >= 0.3 is 0 Å². The number of carbonyl (C=O) groups is 2. The van der Waals surface area contributed by atoms with Crippen molar-refractivity contribution >= 4 is 34.8 Å². The molecule has 2 amide bonds. The van der Waals surface area contributed by atoms with Gasteiger partial charge in [-0.2, -0.15) is 0 Å². The Morgan fingerprint density at radius 3 is 2.30 bits per heavy atom. The number of hydrogen-bond acceptors (Lipinski definition) is 4. The number of benzene rings is 2. The Kier molecular flexibility index (Phi) is 5.71. The van der Waals surface area contributed by atoms with Gasteiger partial charge in [0, 0.05) is 0 Å². The van der Waals surface area contributed by atoms with Gasteiger partial charge in [0.05, 0.1) is 22.8 Å². The summed E-state index contributed by atoms with van der Waals surface area (Å²) in [6, 6.07) is 13.2. The Labute approximate surface area is 164 Å². The average Bonchev–Trinajstić information content (AvgIpc) is 2.89. The highest BCUT2D eigenvalue weighted by molar-refractivity contribution is 8.04. The second kappa shape index (κ2) is 8.01. The Hall–Kier alpha value is -2.53. The highest BCUT2D eigenvalue weighted by Crippen LogP contribution is 2.39. The van der Waals surface area contributed by atoms with Gasteiger partial charge in [-0.15, -0.1) is 11.8 Å². The predicted octanol–water partition coefficient (Wildman–Crippen LogP) is 4.74. The molecule has 0 bridgehead atoms. The van der Waals surface area contributed by atoms with Gasteiger partial charge in [0.1, 0.15) is 5.75 Å². The number of anilines is 1. The van der Waals surface area contributed by atoms with Crippen LogP contribution in [0.5, 0.6) is 5.75 Å². The summed E-state index contributed by atoms with van der Waals surface area (Å²) in [6.07, 6.45) is 0. The van der Waals surface area contributed by atoms with E-state index >= 15 is 0 Å². The van der Waals surface area contributed by atoms with Crippen molar-refractivity contribution in [3.63, 3.8) is 0 Å². The van der Waals surface area contributed by atoms with Crippen molar-refractivity contribution in [1.29, 1.82) is 0 Å². The second-order valence-corrected chi connectivity index (χ2v) is 7.60. The van der Waals surface area contributed by atoms with Gasteiger partial charge in [0.2, 0.25) is 0 Å². The third kappa shape index (κ3) is 3.65. The van der Waals surface area contributed by atoms with Crippen LogP contribution in [0.15, 0.2) is 47.4 Å². The van der Waals surface area contributed by atoms with Crippen LogP contribution in [0.1, 0.15) is 30.5 Å². The molecule has 0 spiro atoms. The molecular weight excluding hydrogens is 358 g/mol. The largest absolute Gasteiger partial charge is 0.494 e. The first-order valence-electron chi connectivity index (χ1n) is 9.04. The van der Waals surface area contributed by atoms with E-state index in [1.807, 2.05) is 70.2 Å². The standard InChI is InChI=1S/C22H23NO3S/c1-5-26-17-11-9-16(10-12-17)19-20(27-6-2)22(25)23(21(19)24)18-13-14(3)7-8-15(18)4/h7-13H,5-6H2,1-4H3. The third-order valence-corrected chi connectivity index (χ3v) is 5.35. The fourth-order valence-corrected chi connectivity index (χ4v) is 3.96. The molecule has 0 fully saturated rings. The molecule has 0 N–H and O–H groups in total. The molecule has 0 saturated carbocycles. The SMILES string of the molecule is CCOc1ccc(C2=C(SCC)C(=O)N(c3cc(C)ccc3C)C2=O)cc1. The van der Waals surface area contributed by atoms with E-state index in [4.69, 9.17) is 4.74 Å². The van der Waals surface area contributed by atoms with Gasteiger partial charge in [0.25, 0.3) is 11.8 Å². The number of carbonyl (C=O) groups excluding carboxylic acids is 2. The number of ether oxygens (including phenoxy) is 1. The van der Waals surface area contributed by atoms with Crippen LogP contribution in [0.2, 0.25) is 0 Å². The van der Waals surface area contributed by atoms with E-state index in [2.05, 4.69) is 0 Å². The van der Waals surface area contributed by atoms with Gasteiger partial charge in [-0.25, -0.2) is 4.90 Å². The van der Waals surface area contributed by atoms with Crippen molar-refractivity contribution in [3.8, 4) is 5.75 Å². The zero-order valence-corrected chi connectivity index (χ0v) is 16.9. The zero-order chi connectivity index (χ0) is 19.6. The first kappa shape index (κ1) is 19.2. The number of amides is 2. The zero-order valence-electron chi connectivity index (χ0n) is 16.0. The van der Waals surface area contributed by atoms with Gasteiger partial charge < -0.3 is 4.74 Å². The molecule has 0 radical (unpaired) electrons. The molecule has 27 heavy (non-hydrogen) atoms. The fraction of sp³-hybridized carbons (Fsp3) is 0.273. The lowest BCUT2D eigenvalue weighted by Gasteiger charge is -2.18. The van der Waals surface area contributed by atoms with E-state index in [0.29, 0.717) is 22.8 Å². The maximum absolute atomic E-state index is 13.3. The van der Waals surface area contributed by atoms with Gasteiger partial charge in [-0.1, -0.05) is 31.2 Å². The predicted molar refractivity (Wildman–Crippen MR) is 111 cm³/mol. The summed E-state index contributed by atoms with van der Waals surface area (Å²) in [5, 5.41) is 0. The van der Waals surface area contributed by atoms with Crippen LogP contribution in [0.25, 0.3) is 5.57 Å². The van der Waals surface area contributed by atoms with Crippen molar-refractivity contribution in [2.24, 2.45) is 0 Å². The van der Waals surface area contributed by atoms with E-state index < -0.39 is 0 Å². The monoisotopic (exact) mass is 381 g/mol. The molecule has 1 aliphatic rings. The number of hydrogen-bond donors (Lipinski definition) is 0. The van der Waals surface area contributed by atoms with Crippen molar-refractivity contribution in [3.05, 3.63) is 64.1 Å². The summed E-state index contributed by atoms with van der Waals surface area (Å²) in [4.78, 5) is 28.2. The van der Waals surface area contributed by atoms with Crippen LogP contribution in [-0.2, 0) is 9.59 Å². The average molecular weight is 381 g/mol. The minimum absolute atomic E-state index is 0.246. The van der Waals surface area contributed by atoms with Gasteiger partial charge in [-0.05, 0) is 61.4 Å². The molecule has 5 heteroatoms. The van der Waals surface area contributed by atoms with Crippen LogP contribution < -0.4 is 9.64 Å². The topological polar surface area (TPSA) is 46.6 Å². The van der Waals surface area contributed by atoms with Crippen molar-refractivity contribution in [1.82, 2.24) is 0 Å². The first-order chi connectivity index (χ1) is 13.0. The lowest BCUT2D eigenvalue weighted by atomic mass is 10.1. The Balaban J connectivity index is 2.06. The smallest absolute Gasteiger partial charge is 0.272 e. The molecule has 0 aromatic heterocycles. The van der Waals surface area contributed by atoms with E-state index in [0.717, 1.165) is 28.2 Å². The second-order valence-electron chi connectivity index (χ2n) is 6.33. The summed E-state index contributed by atoms with van der Waals surface area (Å²) < 4.78 is 5.48. The van der Waals surface area contributed by atoms with E-state index in [1.165, 1.54) is 16.7 Å². The minimum Gasteiger partial charge on any atom is -0.494 e. The molecule has 1 aliphatic heterocycles. The summed E-state index contributed by atoms with van der Waals surface area (Å²) in [7, 11) is 0. The Morgan fingerprint density at radius 1 is 0.963 bits per heavy atom. The lowest BCUT2D eigenvalue weighted by molar-refractivity contribution is -0.119. The van der Waals surface area contributed by atoms with Crippen molar-refractivity contribution in [2.45, 2.75) is 27.7 Å². The highest BCUT2D eigenvalue weighted by atomic mass is 32.2. The number of imide groups is 1. The van der Waals surface area contributed by atoms with Crippen LogP contribution in [-0.4, -0.2) is 24.2 Å². The first-order valence-corrected chi connectivity index (χ1v) is 10.0. The quantitative estimate of drug-likeness (QED) is 0.678. The molecule has 2 aromatic carbocycles. The summed E-state index contributed by atoms with van der Waals surface area (Å²) >= 11 is 1.41. The number of aryl methyl sites for hydroxylation is 2. The summed E-state index contributed by atoms with van der Waals surface area (Å²) in [6.45, 7) is 8.35. The Bertz CT molecular complexity index is 916. The maximum atomic E-state index is 13.3. The lowest BCUT2D eigenvalue weighted by Crippen LogP contribution is -2.32. The third-order valence-electron chi connectivity index (χ3n) is 4.39. The number of rotatable bonds is 6. The molecule has 3 rings (SSSR count). The fourth-order valence-electron chi connectivity index (χ4n) is 3.11. The molecule has 0 atom stereocenters. The Morgan fingerprint density at radius 2 is 1.67 bits per heavy atom. The van der Waals surface area contributed by atoms with Gasteiger partial charge in [0.15, 0.2) is 0 Å². The minimum atomic E-state index is -0.270. The molecule has 140 valence electrons. The normalized spacial score (nSPS) is 14.3. The van der Waals surface area contributed by atoms with Crippen LogP contribution in [0.3, 0.4) is 0 Å². The molecule has 2 aromatic rings. The number of nitrogens with zero attached hydrogens (tertiary/aromatic N) is 1. The van der Waals surface area contributed by atoms with E-state index in [-0.39, 0.29) is 11.8 Å². The molecular formula is C22H23NO3S. The summed E-state index contributed by atoms with van der Waals surface area (Å²) in [5.74, 6) is 0.947. The van der Waals surface area contributed by atoms with Crippen LogP contribution >= 0.6 is 11.8 Å². The van der Waals surface area contributed by atoms with Crippen molar-refractivity contribution in [2.75, 3.05) is 17.3 Å². The maximum Gasteiger partial charge on any atom is 0.272 e. The summed E-state index contributed by atoms with van der Waals surface area (Å²) in [5.41, 5.74) is 3.77. The molecule has 4 nitrogen and oxygen atoms in total. The number of thioether (sulfide) groups is 1. The highest BCUT2D eigenvalue weighted by Gasteiger charge is 2.40. The van der Waals surface area contributed by atoms with Crippen LogP contribution in [0, 0.1) is 13.8 Å². The molecule has 1 heterocycles. The van der Waals surface area contributed by atoms with E-state index in [9.17, 15) is 9.59 Å². The van der Waals surface area contributed by atoms with E-state index in [1.54, 1.807) is 0 Å². The van der Waals surface area contributed by atoms with Gasteiger partial charge in [-0.3, -0.25) is 9.59 Å². The van der Waals surface area contributed by atoms with Crippen molar-refractivity contribution < 1.29 is 14.3 Å². The molecule has 0 saturated heterocycles. The molecule has 0 aliphatic carbocycles. The molecule has 0 unspecified atom stereocenters. The van der Waals surface area contributed by atoms with Crippen LogP contribution in [0.4, 0.5) is 5.69 Å².